The Hall–Kier alpha value is -3.21. The third-order valence-electron chi connectivity index (χ3n) is 4.80. The second-order valence-corrected chi connectivity index (χ2v) is 7.29. The summed E-state index contributed by atoms with van der Waals surface area (Å²) in [5, 5.41) is 2.93. The Morgan fingerprint density at radius 3 is 2.41 bits per heavy atom. The largest absolute Gasteiger partial charge is 0.322 e. The molecule has 0 spiro atoms. The minimum atomic E-state index is -0.315. The molecule has 0 saturated heterocycles. The van der Waals surface area contributed by atoms with Crippen LogP contribution in [0.4, 0.5) is 14.9 Å². The number of amides is 2. The van der Waals surface area contributed by atoms with Crippen molar-refractivity contribution in [2.24, 2.45) is 0 Å². The molecule has 3 rings (SSSR count). The van der Waals surface area contributed by atoms with Crippen LogP contribution in [0.3, 0.4) is 0 Å². The molecule has 0 aliphatic heterocycles. The minimum Gasteiger partial charge on any atom is -0.320 e. The Kier molecular flexibility index (Phi) is 6.95. The molecular weight excluding hydrogens is 365 g/mol. The molecule has 4 nitrogen and oxygen atoms in total. The van der Waals surface area contributed by atoms with E-state index in [2.05, 4.69) is 24.1 Å². The van der Waals surface area contributed by atoms with Gasteiger partial charge in [-0.15, -0.1) is 0 Å². The predicted molar refractivity (Wildman–Crippen MR) is 114 cm³/mol. The van der Waals surface area contributed by atoms with Crippen molar-refractivity contribution in [3.05, 3.63) is 95.6 Å². The fourth-order valence-corrected chi connectivity index (χ4v) is 3.03. The Labute approximate surface area is 171 Å². The van der Waals surface area contributed by atoms with E-state index in [1.165, 1.54) is 11.6 Å². The SMILES string of the molecule is CC(C)c1ccc(NC(=O)N(CCc2ccccn2)Cc2ccccc2F)cc1. The van der Waals surface area contributed by atoms with Crippen molar-refractivity contribution in [3.63, 3.8) is 0 Å². The van der Waals surface area contributed by atoms with E-state index in [1.54, 1.807) is 29.3 Å². The van der Waals surface area contributed by atoms with E-state index in [4.69, 9.17) is 0 Å². The van der Waals surface area contributed by atoms with Gasteiger partial charge >= 0.3 is 6.03 Å². The van der Waals surface area contributed by atoms with Crippen LogP contribution >= 0.6 is 0 Å². The van der Waals surface area contributed by atoms with Crippen molar-refractivity contribution >= 4 is 11.7 Å². The summed E-state index contributed by atoms with van der Waals surface area (Å²) < 4.78 is 14.2. The highest BCUT2D eigenvalue weighted by Crippen LogP contribution is 2.18. The number of urea groups is 1. The quantitative estimate of drug-likeness (QED) is 0.568. The van der Waals surface area contributed by atoms with Gasteiger partial charge in [-0.3, -0.25) is 4.98 Å². The highest BCUT2D eigenvalue weighted by Gasteiger charge is 2.16. The molecule has 2 amide bonds. The van der Waals surface area contributed by atoms with Crippen LogP contribution in [-0.2, 0) is 13.0 Å². The fraction of sp³-hybridized carbons (Fsp3) is 0.250. The Morgan fingerprint density at radius 1 is 1.03 bits per heavy atom. The van der Waals surface area contributed by atoms with E-state index >= 15 is 0 Å². The van der Waals surface area contributed by atoms with Gasteiger partial charge in [0.25, 0.3) is 0 Å². The van der Waals surface area contributed by atoms with Crippen LogP contribution in [0.2, 0.25) is 0 Å². The second kappa shape index (κ2) is 9.82. The first-order valence-electron chi connectivity index (χ1n) is 9.82. The van der Waals surface area contributed by atoms with Crippen molar-refractivity contribution < 1.29 is 9.18 Å². The lowest BCUT2D eigenvalue weighted by Crippen LogP contribution is -2.36. The maximum absolute atomic E-state index is 14.2. The van der Waals surface area contributed by atoms with E-state index in [0.29, 0.717) is 24.4 Å². The van der Waals surface area contributed by atoms with Crippen LogP contribution in [0, 0.1) is 5.82 Å². The molecule has 3 aromatic rings. The molecular formula is C24H26FN3O. The zero-order valence-corrected chi connectivity index (χ0v) is 16.8. The van der Waals surface area contributed by atoms with Gasteiger partial charge in [0.1, 0.15) is 5.82 Å². The van der Waals surface area contributed by atoms with Crippen LogP contribution in [-0.4, -0.2) is 22.5 Å². The highest BCUT2D eigenvalue weighted by atomic mass is 19.1. The molecule has 0 aliphatic rings. The minimum absolute atomic E-state index is 0.190. The number of anilines is 1. The first-order chi connectivity index (χ1) is 14.0. The summed E-state index contributed by atoms with van der Waals surface area (Å²) in [6, 6.07) is 19.8. The number of carbonyl (C=O) groups is 1. The van der Waals surface area contributed by atoms with Crippen LogP contribution in [0.5, 0.6) is 0 Å². The number of rotatable bonds is 7. The predicted octanol–water partition coefficient (Wildman–Crippen LogP) is 5.62. The first-order valence-corrected chi connectivity index (χ1v) is 9.82. The molecule has 0 atom stereocenters. The van der Waals surface area contributed by atoms with Gasteiger partial charge in [0.2, 0.25) is 0 Å². The van der Waals surface area contributed by atoms with Crippen molar-refractivity contribution in [2.75, 3.05) is 11.9 Å². The van der Waals surface area contributed by atoms with Gasteiger partial charge < -0.3 is 10.2 Å². The summed E-state index contributed by atoms with van der Waals surface area (Å²) in [5.41, 5.74) is 3.30. The summed E-state index contributed by atoms with van der Waals surface area (Å²) in [6.07, 6.45) is 2.32. The number of aromatic nitrogens is 1. The molecule has 5 heteroatoms. The maximum atomic E-state index is 14.2. The molecule has 29 heavy (non-hydrogen) atoms. The monoisotopic (exact) mass is 391 g/mol. The molecule has 0 radical (unpaired) electrons. The third-order valence-corrected chi connectivity index (χ3v) is 4.80. The summed E-state index contributed by atoms with van der Waals surface area (Å²) in [6.45, 7) is 4.87. The van der Waals surface area contributed by atoms with Crippen LogP contribution < -0.4 is 5.32 Å². The fourth-order valence-electron chi connectivity index (χ4n) is 3.03. The molecule has 0 aliphatic carbocycles. The zero-order chi connectivity index (χ0) is 20.6. The number of nitrogens with zero attached hydrogens (tertiary/aromatic N) is 2. The van der Waals surface area contributed by atoms with Gasteiger partial charge in [0.05, 0.1) is 6.54 Å². The van der Waals surface area contributed by atoms with E-state index in [-0.39, 0.29) is 18.4 Å². The van der Waals surface area contributed by atoms with Crippen molar-refractivity contribution in [2.45, 2.75) is 32.7 Å². The lowest BCUT2D eigenvalue weighted by atomic mass is 10.0. The van der Waals surface area contributed by atoms with Gasteiger partial charge in [-0.25, -0.2) is 9.18 Å². The Morgan fingerprint density at radius 2 is 1.76 bits per heavy atom. The molecule has 1 heterocycles. The number of halogens is 1. The molecule has 0 unspecified atom stereocenters. The van der Waals surface area contributed by atoms with E-state index in [0.717, 1.165) is 11.4 Å². The Bertz CT molecular complexity index is 926. The molecule has 0 fully saturated rings. The van der Waals surface area contributed by atoms with E-state index in [1.807, 2.05) is 42.5 Å². The lowest BCUT2D eigenvalue weighted by molar-refractivity contribution is 0.209. The number of hydrogen-bond acceptors (Lipinski definition) is 2. The number of benzene rings is 2. The van der Waals surface area contributed by atoms with Crippen LogP contribution in [0.1, 0.15) is 36.6 Å². The average Bonchev–Trinajstić information content (AvgIpc) is 2.73. The maximum Gasteiger partial charge on any atom is 0.322 e. The molecule has 0 bridgehead atoms. The smallest absolute Gasteiger partial charge is 0.320 e. The molecule has 2 aromatic carbocycles. The number of carbonyl (C=O) groups excluding carboxylic acids is 1. The van der Waals surface area contributed by atoms with Crippen molar-refractivity contribution in [1.29, 1.82) is 0 Å². The third kappa shape index (κ3) is 5.88. The lowest BCUT2D eigenvalue weighted by Gasteiger charge is -2.23. The molecule has 0 saturated carbocycles. The number of nitrogens with one attached hydrogen (secondary N) is 1. The number of hydrogen-bond donors (Lipinski definition) is 1. The Balaban J connectivity index is 1.73. The van der Waals surface area contributed by atoms with E-state index < -0.39 is 0 Å². The molecule has 150 valence electrons. The average molecular weight is 391 g/mol. The van der Waals surface area contributed by atoms with Crippen LogP contribution in [0.25, 0.3) is 0 Å². The van der Waals surface area contributed by atoms with Gasteiger partial charge in [-0.05, 0) is 41.8 Å². The highest BCUT2D eigenvalue weighted by molar-refractivity contribution is 5.89. The zero-order valence-electron chi connectivity index (χ0n) is 16.8. The molecule has 1 aromatic heterocycles. The van der Waals surface area contributed by atoms with Gasteiger partial charge in [0.15, 0.2) is 0 Å². The van der Waals surface area contributed by atoms with Crippen molar-refractivity contribution in [3.8, 4) is 0 Å². The van der Waals surface area contributed by atoms with Crippen molar-refractivity contribution in [1.82, 2.24) is 9.88 Å². The topological polar surface area (TPSA) is 45.2 Å². The second-order valence-electron chi connectivity index (χ2n) is 7.29. The number of pyridine rings is 1. The summed E-state index contributed by atoms with van der Waals surface area (Å²) in [7, 11) is 0. The standard InChI is InChI=1S/C24H26FN3O/c1-18(2)19-10-12-22(13-11-19)27-24(29)28(16-14-21-8-5-6-15-26-21)17-20-7-3-4-9-23(20)25/h3-13,15,18H,14,16-17H2,1-2H3,(H,27,29). The van der Waals surface area contributed by atoms with Crippen LogP contribution in [0.15, 0.2) is 72.9 Å². The summed E-state index contributed by atoms with van der Waals surface area (Å²) >= 11 is 0. The normalized spacial score (nSPS) is 10.8. The summed E-state index contributed by atoms with van der Waals surface area (Å²) in [5.74, 6) is 0.111. The summed E-state index contributed by atoms with van der Waals surface area (Å²) in [4.78, 5) is 18.9. The van der Waals surface area contributed by atoms with Gasteiger partial charge in [0, 0.05) is 36.1 Å². The molecule has 1 N–H and O–H groups in total. The first kappa shape index (κ1) is 20.5. The van der Waals surface area contributed by atoms with Gasteiger partial charge in [-0.1, -0.05) is 50.2 Å². The van der Waals surface area contributed by atoms with E-state index in [9.17, 15) is 9.18 Å². The van der Waals surface area contributed by atoms with Gasteiger partial charge in [-0.2, -0.15) is 0 Å².